The summed E-state index contributed by atoms with van der Waals surface area (Å²) in [6.45, 7) is 0. The molecule has 158 valence electrons. The summed E-state index contributed by atoms with van der Waals surface area (Å²) >= 11 is 0. The van der Waals surface area contributed by atoms with Crippen molar-refractivity contribution in [3.05, 3.63) is 0 Å². The zero-order valence-electron chi connectivity index (χ0n) is 13.1. The molecule has 0 aromatic carbocycles. The summed E-state index contributed by atoms with van der Waals surface area (Å²) in [6, 6.07) is 0. The van der Waals surface area contributed by atoms with Crippen LogP contribution in [0.3, 0.4) is 0 Å². The van der Waals surface area contributed by atoms with E-state index in [2.05, 4.69) is 0 Å². The van der Waals surface area contributed by atoms with Crippen molar-refractivity contribution in [3.63, 3.8) is 0 Å². The van der Waals surface area contributed by atoms with Gasteiger partial charge in [0.15, 0.2) is 16.3 Å². The van der Waals surface area contributed by atoms with Crippen LogP contribution in [-0.2, 0) is 10.1 Å². The van der Waals surface area contributed by atoms with Crippen molar-refractivity contribution in [1.82, 2.24) is 0 Å². The van der Waals surface area contributed by atoms with Gasteiger partial charge in [0.1, 0.15) is 0 Å². The van der Waals surface area contributed by atoms with Crippen molar-refractivity contribution < 1.29 is 117 Å². The monoisotopic (exact) mass is 476 g/mol. The second-order valence-electron chi connectivity index (χ2n) is 5.07. The van der Waals surface area contributed by atoms with Crippen molar-refractivity contribution in [2.75, 3.05) is 0 Å². The maximum absolute atomic E-state index is 13.2. The van der Waals surface area contributed by atoms with Gasteiger partial charge < -0.3 is 4.55 Å². The fraction of sp³-hybridized carbons (Fsp3) is 1.00. The smallest absolute Gasteiger partial charge is 0.743 e. The van der Waals surface area contributed by atoms with Crippen LogP contribution < -0.4 is 51.4 Å². The molecule has 0 spiro atoms. The molecule has 17 heteroatoms. The second-order valence-corrected chi connectivity index (χ2v) is 6.49. The fourth-order valence-electron chi connectivity index (χ4n) is 1.58. The molecule has 1 unspecified atom stereocenters. The van der Waals surface area contributed by atoms with Crippen LogP contribution in [0.15, 0.2) is 0 Å². The molecule has 3 nitrogen and oxygen atoms in total. The standard InChI is InChI=1S/C10H10F12O3S.K/c11-5(3-1-2-4-6(12,13)14)7(15,16)8(17,18)9(19,20)10(21,22)26(23,24)25;/h5H,1-4H2,(H,23,24,25);/q;+1/p-1. The summed E-state index contributed by atoms with van der Waals surface area (Å²) in [5, 5.41) is -7.22. The predicted molar refractivity (Wildman–Crippen MR) is 58.9 cm³/mol. The number of alkyl halides is 12. The quantitative estimate of drug-likeness (QED) is 0.220. The molecule has 0 aromatic rings. The van der Waals surface area contributed by atoms with Gasteiger partial charge in [-0.1, -0.05) is 0 Å². The summed E-state index contributed by atoms with van der Waals surface area (Å²) in [4.78, 5) is 0. The SMILES string of the molecule is O=S(=O)([O-])C(F)(F)C(F)(F)C(F)(F)C(F)(F)C(F)CCCCC(F)(F)F.[K+]. The normalized spacial score (nSPS) is 16.0. The van der Waals surface area contributed by atoms with Crippen molar-refractivity contribution >= 4 is 10.1 Å². The topological polar surface area (TPSA) is 57.2 Å². The van der Waals surface area contributed by atoms with Crippen LogP contribution in [-0.4, -0.2) is 48.3 Å². The van der Waals surface area contributed by atoms with E-state index in [1.807, 2.05) is 0 Å². The Balaban J connectivity index is 0. The molecule has 0 aliphatic rings. The Kier molecular flexibility index (Phi) is 10.2. The van der Waals surface area contributed by atoms with Gasteiger partial charge in [0, 0.05) is 6.42 Å². The predicted octanol–water partition coefficient (Wildman–Crippen LogP) is 1.50. The van der Waals surface area contributed by atoms with E-state index in [0.29, 0.717) is 0 Å². The zero-order chi connectivity index (χ0) is 21.4. The van der Waals surface area contributed by atoms with Crippen LogP contribution in [0, 0.1) is 0 Å². The Labute approximate surface area is 187 Å². The first kappa shape index (κ1) is 29.9. The van der Waals surface area contributed by atoms with Gasteiger partial charge in [0.2, 0.25) is 0 Å². The van der Waals surface area contributed by atoms with Crippen LogP contribution >= 0.6 is 0 Å². The minimum atomic E-state index is -7.56. The minimum absolute atomic E-state index is 0. The molecule has 0 aromatic heterocycles. The first-order valence-corrected chi connectivity index (χ1v) is 7.71. The van der Waals surface area contributed by atoms with Crippen LogP contribution in [0.4, 0.5) is 52.7 Å². The molecule has 0 N–H and O–H groups in total. The van der Waals surface area contributed by atoms with Gasteiger partial charge in [-0.25, -0.2) is 12.8 Å². The minimum Gasteiger partial charge on any atom is -0.743 e. The molecule has 27 heavy (non-hydrogen) atoms. The number of rotatable bonds is 9. The largest absolute Gasteiger partial charge is 1.00 e. The van der Waals surface area contributed by atoms with E-state index < -0.39 is 71.2 Å². The van der Waals surface area contributed by atoms with Crippen molar-refractivity contribution in [1.29, 1.82) is 0 Å². The molecular formula is C10H9F12KO3S. The molecule has 0 bridgehead atoms. The maximum atomic E-state index is 13.2. The Morgan fingerprint density at radius 2 is 1.19 bits per heavy atom. The zero-order valence-corrected chi connectivity index (χ0v) is 17.0. The molecule has 0 rings (SSSR count). The molecule has 0 aliphatic heterocycles. The van der Waals surface area contributed by atoms with Gasteiger partial charge in [-0.05, 0) is 19.3 Å². The second kappa shape index (κ2) is 9.24. The van der Waals surface area contributed by atoms with Crippen LogP contribution in [0.2, 0.25) is 0 Å². The Morgan fingerprint density at radius 1 is 0.778 bits per heavy atom. The van der Waals surface area contributed by atoms with Gasteiger partial charge >= 0.3 is 80.6 Å². The Hall–Kier alpha value is 0.706. The third kappa shape index (κ3) is 6.34. The van der Waals surface area contributed by atoms with E-state index in [4.69, 9.17) is 0 Å². The molecule has 0 fully saturated rings. The molecule has 0 radical (unpaired) electrons. The fourth-order valence-corrected chi connectivity index (χ4v) is 2.02. The number of hydrogen-bond donors (Lipinski definition) is 0. The molecule has 0 saturated carbocycles. The summed E-state index contributed by atoms with van der Waals surface area (Å²) in [6.07, 6.45) is -14.9. The molecule has 0 saturated heterocycles. The van der Waals surface area contributed by atoms with Gasteiger partial charge in [-0.3, -0.25) is 0 Å². The summed E-state index contributed by atoms with van der Waals surface area (Å²) in [5.74, 6) is -21.5. The van der Waals surface area contributed by atoms with Crippen LogP contribution in [0.1, 0.15) is 25.7 Å². The van der Waals surface area contributed by atoms with E-state index in [1.54, 1.807) is 0 Å². The maximum Gasteiger partial charge on any atom is 1.00 e. The van der Waals surface area contributed by atoms with E-state index in [9.17, 15) is 65.7 Å². The van der Waals surface area contributed by atoms with Crippen molar-refractivity contribution in [3.8, 4) is 0 Å². The van der Waals surface area contributed by atoms with Crippen molar-refractivity contribution in [2.45, 2.75) is 61.1 Å². The molecule has 1 atom stereocenters. The number of hydrogen-bond acceptors (Lipinski definition) is 3. The van der Waals surface area contributed by atoms with Crippen molar-refractivity contribution in [2.24, 2.45) is 0 Å². The molecule has 0 amide bonds. The van der Waals surface area contributed by atoms with E-state index in [1.165, 1.54) is 0 Å². The van der Waals surface area contributed by atoms with E-state index in [0.717, 1.165) is 0 Å². The van der Waals surface area contributed by atoms with Gasteiger partial charge in [0.05, 0.1) is 0 Å². The van der Waals surface area contributed by atoms with Gasteiger partial charge in [-0.15, -0.1) is 0 Å². The third-order valence-electron chi connectivity index (χ3n) is 3.05. The molecule has 0 heterocycles. The Bertz CT molecular complexity index is 589. The molecular weight excluding hydrogens is 467 g/mol. The molecule has 0 aliphatic carbocycles. The van der Waals surface area contributed by atoms with Crippen LogP contribution in [0.5, 0.6) is 0 Å². The average Bonchev–Trinajstić information content (AvgIpc) is 2.40. The van der Waals surface area contributed by atoms with E-state index in [-0.39, 0.29) is 51.4 Å². The number of unbranched alkanes of at least 4 members (excludes halogenated alkanes) is 1. The summed E-state index contributed by atoms with van der Waals surface area (Å²) < 4.78 is 183. The first-order chi connectivity index (χ1) is 11.1. The summed E-state index contributed by atoms with van der Waals surface area (Å²) in [7, 11) is -7.56. The number of halogens is 12. The average molecular weight is 476 g/mol. The summed E-state index contributed by atoms with van der Waals surface area (Å²) in [5.41, 5.74) is 0. The van der Waals surface area contributed by atoms with Gasteiger partial charge in [0.25, 0.3) is 0 Å². The van der Waals surface area contributed by atoms with Crippen LogP contribution in [0.25, 0.3) is 0 Å². The first-order valence-electron chi connectivity index (χ1n) is 6.30. The van der Waals surface area contributed by atoms with E-state index >= 15 is 0 Å². The third-order valence-corrected chi connectivity index (χ3v) is 3.94. The van der Waals surface area contributed by atoms with Gasteiger partial charge in [-0.2, -0.15) is 48.3 Å². The Morgan fingerprint density at radius 3 is 1.52 bits per heavy atom.